The van der Waals surface area contributed by atoms with Crippen molar-refractivity contribution < 1.29 is 9.53 Å². The van der Waals surface area contributed by atoms with E-state index in [1.807, 2.05) is 30.3 Å². The Labute approximate surface area is 121 Å². The molecule has 0 radical (unpaired) electrons. The molecular formula is C16H15N3O2. The molecule has 0 unspecified atom stereocenters. The number of hydrogen-bond donors (Lipinski definition) is 2. The lowest BCUT2D eigenvalue weighted by Gasteiger charge is -2.07. The number of nitrogens with one attached hydrogen (secondary N) is 2. The van der Waals surface area contributed by atoms with E-state index in [1.54, 1.807) is 13.3 Å². The van der Waals surface area contributed by atoms with E-state index < -0.39 is 0 Å². The molecule has 0 fully saturated rings. The molecule has 3 rings (SSSR count). The van der Waals surface area contributed by atoms with Crippen LogP contribution in [0.15, 0.2) is 48.8 Å². The number of methoxy groups -OCH3 is 1. The minimum absolute atomic E-state index is 0.140. The van der Waals surface area contributed by atoms with Crippen molar-refractivity contribution in [3.8, 4) is 5.75 Å². The van der Waals surface area contributed by atoms with Crippen LogP contribution >= 0.6 is 0 Å². The highest BCUT2D eigenvalue weighted by molar-refractivity contribution is 5.93. The van der Waals surface area contributed by atoms with Crippen LogP contribution < -0.4 is 10.1 Å². The first-order valence-electron chi connectivity index (χ1n) is 6.60. The van der Waals surface area contributed by atoms with Crippen molar-refractivity contribution in [2.75, 3.05) is 7.11 Å². The molecule has 0 spiro atoms. The number of ether oxygens (including phenoxy) is 1. The average molecular weight is 281 g/mol. The Hall–Kier alpha value is -2.82. The van der Waals surface area contributed by atoms with Crippen LogP contribution in [0.1, 0.15) is 15.9 Å². The quantitative estimate of drug-likeness (QED) is 0.772. The van der Waals surface area contributed by atoms with Crippen LogP contribution in [-0.2, 0) is 6.54 Å². The first kappa shape index (κ1) is 13.2. The zero-order valence-corrected chi connectivity index (χ0v) is 11.6. The lowest BCUT2D eigenvalue weighted by Crippen LogP contribution is -2.22. The second kappa shape index (κ2) is 5.66. The number of hydrogen-bond acceptors (Lipinski definition) is 3. The van der Waals surface area contributed by atoms with Gasteiger partial charge in [0, 0.05) is 12.7 Å². The van der Waals surface area contributed by atoms with Crippen LogP contribution in [0.2, 0.25) is 0 Å². The summed E-state index contributed by atoms with van der Waals surface area (Å²) in [4.78, 5) is 11.8. The largest absolute Gasteiger partial charge is 0.497 e. The summed E-state index contributed by atoms with van der Waals surface area (Å²) in [5, 5.41) is 11.5. The molecule has 2 N–H and O–H groups in total. The van der Waals surface area contributed by atoms with E-state index in [4.69, 9.17) is 4.74 Å². The number of nitrogens with zero attached hydrogens (tertiary/aromatic N) is 1. The van der Waals surface area contributed by atoms with Gasteiger partial charge < -0.3 is 10.1 Å². The van der Waals surface area contributed by atoms with Gasteiger partial charge in [0.05, 0.1) is 18.9 Å². The molecule has 0 saturated carbocycles. The summed E-state index contributed by atoms with van der Waals surface area (Å²) in [5.74, 6) is 0.696. The molecule has 0 aliphatic carbocycles. The van der Waals surface area contributed by atoms with Crippen LogP contribution in [0.4, 0.5) is 0 Å². The highest BCUT2D eigenvalue weighted by atomic mass is 16.5. The molecule has 0 aliphatic rings. The molecule has 1 heterocycles. The third kappa shape index (κ3) is 2.86. The second-order valence-electron chi connectivity index (χ2n) is 4.72. The fourth-order valence-corrected chi connectivity index (χ4v) is 2.17. The van der Waals surface area contributed by atoms with Gasteiger partial charge in [-0.05, 0) is 34.5 Å². The van der Waals surface area contributed by atoms with Gasteiger partial charge in [0.1, 0.15) is 5.75 Å². The minimum Gasteiger partial charge on any atom is -0.497 e. The highest BCUT2D eigenvalue weighted by Gasteiger charge is 2.06. The summed E-state index contributed by atoms with van der Waals surface area (Å²) in [6.07, 6.45) is 3.07. The van der Waals surface area contributed by atoms with E-state index in [0.29, 0.717) is 12.1 Å². The maximum absolute atomic E-state index is 11.8. The topological polar surface area (TPSA) is 67.0 Å². The average Bonchev–Trinajstić information content (AvgIpc) is 3.06. The van der Waals surface area contributed by atoms with Crippen molar-refractivity contribution in [3.05, 3.63) is 59.9 Å². The maximum atomic E-state index is 11.8. The van der Waals surface area contributed by atoms with E-state index in [2.05, 4.69) is 21.6 Å². The molecule has 0 aliphatic heterocycles. The molecule has 106 valence electrons. The van der Waals surface area contributed by atoms with Crippen molar-refractivity contribution in [1.82, 2.24) is 15.5 Å². The summed E-state index contributed by atoms with van der Waals surface area (Å²) in [6, 6.07) is 12.0. The van der Waals surface area contributed by atoms with E-state index in [0.717, 1.165) is 22.1 Å². The molecule has 1 amide bonds. The Morgan fingerprint density at radius 2 is 2.05 bits per heavy atom. The van der Waals surface area contributed by atoms with Crippen molar-refractivity contribution in [2.45, 2.75) is 6.54 Å². The third-order valence-electron chi connectivity index (χ3n) is 3.33. The zero-order chi connectivity index (χ0) is 14.7. The van der Waals surface area contributed by atoms with Gasteiger partial charge in [-0.15, -0.1) is 0 Å². The van der Waals surface area contributed by atoms with Crippen molar-refractivity contribution >= 4 is 16.7 Å². The summed E-state index contributed by atoms with van der Waals surface area (Å²) in [6.45, 7) is 0.478. The van der Waals surface area contributed by atoms with Crippen LogP contribution in [-0.4, -0.2) is 23.2 Å². The zero-order valence-electron chi connectivity index (χ0n) is 11.6. The monoisotopic (exact) mass is 281 g/mol. The van der Waals surface area contributed by atoms with Crippen LogP contribution in [0, 0.1) is 0 Å². The SMILES string of the molecule is COc1ccc2cc(CNC(=O)c3cn[nH]c3)ccc2c1. The van der Waals surface area contributed by atoms with Gasteiger partial charge in [-0.1, -0.05) is 18.2 Å². The Morgan fingerprint density at radius 3 is 2.81 bits per heavy atom. The Balaban J connectivity index is 1.74. The summed E-state index contributed by atoms with van der Waals surface area (Å²) in [7, 11) is 1.65. The highest BCUT2D eigenvalue weighted by Crippen LogP contribution is 2.21. The van der Waals surface area contributed by atoms with Gasteiger partial charge in [0.15, 0.2) is 0 Å². The van der Waals surface area contributed by atoms with Gasteiger partial charge in [-0.2, -0.15) is 5.10 Å². The fourth-order valence-electron chi connectivity index (χ4n) is 2.17. The number of benzene rings is 2. The molecular weight excluding hydrogens is 266 g/mol. The number of carbonyl (C=O) groups is 1. The normalized spacial score (nSPS) is 10.5. The first-order valence-corrected chi connectivity index (χ1v) is 6.60. The number of carbonyl (C=O) groups excluding carboxylic acids is 1. The second-order valence-corrected chi connectivity index (χ2v) is 4.72. The van der Waals surface area contributed by atoms with Gasteiger partial charge in [-0.25, -0.2) is 0 Å². The Bertz CT molecular complexity index is 766. The molecule has 5 nitrogen and oxygen atoms in total. The number of aromatic amines is 1. The first-order chi connectivity index (χ1) is 10.3. The number of H-pyrrole nitrogens is 1. The predicted molar refractivity (Wildman–Crippen MR) is 80.3 cm³/mol. The number of rotatable bonds is 4. The van der Waals surface area contributed by atoms with Crippen molar-refractivity contribution in [3.63, 3.8) is 0 Å². The molecule has 0 atom stereocenters. The number of fused-ring (bicyclic) bond motifs is 1. The summed E-state index contributed by atoms with van der Waals surface area (Å²) in [5.41, 5.74) is 1.57. The lowest BCUT2D eigenvalue weighted by molar-refractivity contribution is 0.0951. The van der Waals surface area contributed by atoms with E-state index >= 15 is 0 Å². The van der Waals surface area contributed by atoms with Gasteiger partial charge in [0.25, 0.3) is 5.91 Å². The summed E-state index contributed by atoms with van der Waals surface area (Å²) < 4.78 is 5.21. The lowest BCUT2D eigenvalue weighted by atomic mass is 10.1. The maximum Gasteiger partial charge on any atom is 0.254 e. The van der Waals surface area contributed by atoms with Crippen LogP contribution in [0.5, 0.6) is 5.75 Å². The van der Waals surface area contributed by atoms with Crippen molar-refractivity contribution in [1.29, 1.82) is 0 Å². The molecule has 1 aromatic heterocycles. The fraction of sp³-hybridized carbons (Fsp3) is 0.125. The predicted octanol–water partition coefficient (Wildman–Crippen LogP) is 2.50. The number of amides is 1. The molecule has 2 aromatic carbocycles. The number of aromatic nitrogens is 2. The Morgan fingerprint density at radius 1 is 1.24 bits per heavy atom. The standard InChI is InChI=1S/C16H15N3O2/c1-21-15-5-4-12-6-11(2-3-13(12)7-15)8-17-16(20)14-9-18-19-10-14/h2-7,9-10H,8H2,1H3,(H,17,20)(H,18,19). The molecule has 3 aromatic rings. The van der Waals surface area contributed by atoms with Gasteiger partial charge >= 0.3 is 0 Å². The smallest absolute Gasteiger partial charge is 0.254 e. The third-order valence-corrected chi connectivity index (χ3v) is 3.33. The van der Waals surface area contributed by atoms with Gasteiger partial charge in [-0.3, -0.25) is 9.89 Å². The molecule has 5 heteroatoms. The molecule has 21 heavy (non-hydrogen) atoms. The minimum atomic E-state index is -0.140. The Kier molecular flexibility index (Phi) is 3.55. The van der Waals surface area contributed by atoms with E-state index in [-0.39, 0.29) is 5.91 Å². The van der Waals surface area contributed by atoms with Crippen molar-refractivity contribution in [2.24, 2.45) is 0 Å². The van der Waals surface area contributed by atoms with E-state index in [9.17, 15) is 4.79 Å². The van der Waals surface area contributed by atoms with E-state index in [1.165, 1.54) is 6.20 Å². The molecule has 0 bridgehead atoms. The molecule has 0 saturated heterocycles. The van der Waals surface area contributed by atoms with Gasteiger partial charge in [0.2, 0.25) is 0 Å². The summed E-state index contributed by atoms with van der Waals surface area (Å²) >= 11 is 0. The van der Waals surface area contributed by atoms with Crippen LogP contribution in [0.3, 0.4) is 0 Å². The van der Waals surface area contributed by atoms with Crippen LogP contribution in [0.25, 0.3) is 10.8 Å².